The van der Waals surface area contributed by atoms with E-state index in [2.05, 4.69) is 26.1 Å². The van der Waals surface area contributed by atoms with Crippen molar-refractivity contribution in [2.24, 2.45) is 11.3 Å². The molecule has 3 heteroatoms. The van der Waals surface area contributed by atoms with E-state index in [1.807, 2.05) is 0 Å². The molecule has 1 amide bonds. The van der Waals surface area contributed by atoms with E-state index in [9.17, 15) is 9.90 Å². The molecule has 0 aromatic rings. The second-order valence-corrected chi connectivity index (χ2v) is 5.74. The van der Waals surface area contributed by atoms with E-state index in [1.54, 1.807) is 0 Å². The topological polar surface area (TPSA) is 49.3 Å². The van der Waals surface area contributed by atoms with Crippen LogP contribution in [0.25, 0.3) is 0 Å². The summed E-state index contributed by atoms with van der Waals surface area (Å²) >= 11 is 0. The second-order valence-electron chi connectivity index (χ2n) is 5.74. The van der Waals surface area contributed by atoms with Crippen molar-refractivity contribution >= 4 is 5.91 Å². The first-order chi connectivity index (χ1) is 8.59. The predicted octanol–water partition coefficient (Wildman–Crippen LogP) is 2.87. The summed E-state index contributed by atoms with van der Waals surface area (Å²) in [4.78, 5) is 12.2. The highest BCUT2D eigenvalue weighted by molar-refractivity contribution is 5.83. The number of nitrogens with one attached hydrogen (secondary N) is 1. The monoisotopic (exact) mass is 255 g/mol. The molecule has 0 spiro atoms. The molecule has 0 aliphatic heterocycles. The van der Waals surface area contributed by atoms with Crippen LogP contribution in [0.4, 0.5) is 0 Å². The second kappa shape index (κ2) is 7.13. The predicted molar refractivity (Wildman–Crippen MR) is 74.3 cm³/mol. The van der Waals surface area contributed by atoms with Gasteiger partial charge in [0.1, 0.15) is 0 Å². The van der Waals surface area contributed by atoms with Crippen LogP contribution in [-0.4, -0.2) is 23.7 Å². The first-order valence-corrected chi connectivity index (χ1v) is 7.56. The lowest BCUT2D eigenvalue weighted by Gasteiger charge is -2.40. The summed E-state index contributed by atoms with van der Waals surface area (Å²) in [5.74, 6) is 0.467. The van der Waals surface area contributed by atoms with Crippen molar-refractivity contribution in [1.29, 1.82) is 0 Å². The van der Waals surface area contributed by atoms with Crippen molar-refractivity contribution < 1.29 is 9.90 Å². The maximum absolute atomic E-state index is 12.2. The van der Waals surface area contributed by atoms with E-state index < -0.39 is 6.10 Å². The SMILES string of the molecule is CCCC1(C(=O)NC[C@H](O)C(CC)CC)CCC1. The van der Waals surface area contributed by atoms with Crippen LogP contribution in [0.2, 0.25) is 0 Å². The lowest BCUT2D eigenvalue weighted by atomic mass is 9.65. The summed E-state index contributed by atoms with van der Waals surface area (Å²) in [6, 6.07) is 0. The Morgan fingerprint density at radius 2 is 1.89 bits per heavy atom. The van der Waals surface area contributed by atoms with Gasteiger partial charge in [0.25, 0.3) is 0 Å². The summed E-state index contributed by atoms with van der Waals surface area (Å²) in [6.07, 6.45) is 6.79. The van der Waals surface area contributed by atoms with Crippen molar-refractivity contribution in [2.75, 3.05) is 6.54 Å². The average molecular weight is 255 g/mol. The molecule has 106 valence electrons. The summed E-state index contributed by atoms with van der Waals surface area (Å²) < 4.78 is 0. The molecule has 1 aliphatic rings. The molecule has 1 atom stereocenters. The number of aliphatic hydroxyl groups excluding tert-OH is 1. The molecule has 0 bridgehead atoms. The fraction of sp³-hybridized carbons (Fsp3) is 0.933. The normalized spacial score (nSPS) is 19.4. The summed E-state index contributed by atoms with van der Waals surface area (Å²) in [6.45, 7) is 6.72. The fourth-order valence-electron chi connectivity index (χ4n) is 3.06. The van der Waals surface area contributed by atoms with Gasteiger partial charge < -0.3 is 10.4 Å². The number of carbonyl (C=O) groups is 1. The minimum Gasteiger partial charge on any atom is -0.391 e. The highest BCUT2D eigenvalue weighted by Gasteiger charge is 2.42. The van der Waals surface area contributed by atoms with Gasteiger partial charge in [-0.25, -0.2) is 0 Å². The van der Waals surface area contributed by atoms with E-state index in [0.29, 0.717) is 12.5 Å². The molecule has 1 aliphatic carbocycles. The number of carbonyl (C=O) groups excluding carboxylic acids is 1. The molecular formula is C15H29NO2. The lowest BCUT2D eigenvalue weighted by molar-refractivity contribution is -0.137. The molecule has 1 saturated carbocycles. The smallest absolute Gasteiger partial charge is 0.226 e. The van der Waals surface area contributed by atoms with Crippen molar-refractivity contribution in [1.82, 2.24) is 5.32 Å². The Hall–Kier alpha value is -0.570. The molecule has 0 aromatic carbocycles. The van der Waals surface area contributed by atoms with E-state index in [0.717, 1.165) is 38.5 Å². The molecule has 0 aromatic heterocycles. The maximum Gasteiger partial charge on any atom is 0.226 e. The number of hydrogen-bond donors (Lipinski definition) is 2. The van der Waals surface area contributed by atoms with Crippen LogP contribution < -0.4 is 5.32 Å². The van der Waals surface area contributed by atoms with Crippen LogP contribution in [-0.2, 0) is 4.79 Å². The van der Waals surface area contributed by atoms with Crippen LogP contribution in [0, 0.1) is 11.3 Å². The molecule has 0 saturated heterocycles. The Morgan fingerprint density at radius 3 is 2.28 bits per heavy atom. The molecule has 3 nitrogen and oxygen atoms in total. The molecule has 0 radical (unpaired) electrons. The van der Waals surface area contributed by atoms with Gasteiger partial charge in [0.15, 0.2) is 0 Å². The van der Waals surface area contributed by atoms with Crippen molar-refractivity contribution in [3.05, 3.63) is 0 Å². The highest BCUT2D eigenvalue weighted by atomic mass is 16.3. The van der Waals surface area contributed by atoms with Gasteiger partial charge in [0, 0.05) is 12.0 Å². The minimum absolute atomic E-state index is 0.109. The quantitative estimate of drug-likeness (QED) is 0.700. The summed E-state index contributed by atoms with van der Waals surface area (Å²) in [5, 5.41) is 13.0. The molecule has 0 heterocycles. The van der Waals surface area contributed by atoms with Gasteiger partial charge in [-0.15, -0.1) is 0 Å². The third kappa shape index (κ3) is 3.47. The van der Waals surface area contributed by atoms with Crippen LogP contribution in [0.15, 0.2) is 0 Å². The van der Waals surface area contributed by atoms with E-state index in [1.165, 1.54) is 6.42 Å². The average Bonchev–Trinajstić information content (AvgIpc) is 2.32. The van der Waals surface area contributed by atoms with Gasteiger partial charge in [0.2, 0.25) is 5.91 Å². The number of hydrogen-bond acceptors (Lipinski definition) is 2. The third-order valence-corrected chi connectivity index (χ3v) is 4.59. The zero-order chi connectivity index (χ0) is 13.6. The van der Waals surface area contributed by atoms with Gasteiger partial charge in [-0.1, -0.05) is 46.5 Å². The number of amides is 1. The Labute approximate surface area is 111 Å². The molecule has 1 fully saturated rings. The largest absolute Gasteiger partial charge is 0.391 e. The Kier molecular flexibility index (Phi) is 6.13. The van der Waals surface area contributed by atoms with Crippen molar-refractivity contribution in [2.45, 2.75) is 71.8 Å². The molecule has 1 rings (SSSR count). The summed E-state index contributed by atoms with van der Waals surface area (Å²) in [5.41, 5.74) is -0.109. The number of aliphatic hydroxyl groups is 1. The van der Waals surface area contributed by atoms with E-state index >= 15 is 0 Å². The van der Waals surface area contributed by atoms with Crippen LogP contribution in [0.5, 0.6) is 0 Å². The van der Waals surface area contributed by atoms with Gasteiger partial charge in [-0.05, 0) is 25.2 Å². The maximum atomic E-state index is 12.2. The first kappa shape index (κ1) is 15.5. The van der Waals surface area contributed by atoms with Crippen molar-refractivity contribution in [3.63, 3.8) is 0 Å². The Morgan fingerprint density at radius 1 is 1.28 bits per heavy atom. The van der Waals surface area contributed by atoms with E-state index in [4.69, 9.17) is 0 Å². The van der Waals surface area contributed by atoms with Crippen LogP contribution >= 0.6 is 0 Å². The van der Waals surface area contributed by atoms with Crippen molar-refractivity contribution in [3.8, 4) is 0 Å². The summed E-state index contributed by atoms with van der Waals surface area (Å²) in [7, 11) is 0. The van der Waals surface area contributed by atoms with Gasteiger partial charge in [0.05, 0.1) is 6.10 Å². The molecular weight excluding hydrogens is 226 g/mol. The minimum atomic E-state index is -0.400. The standard InChI is InChI=1S/C15H29NO2/c1-4-8-15(9-7-10-15)14(18)16-11-13(17)12(5-2)6-3/h12-13,17H,4-11H2,1-3H3,(H,16,18)/t13-/m0/s1. The Balaban J connectivity index is 2.40. The van der Waals surface area contributed by atoms with Gasteiger partial charge in [-0.2, -0.15) is 0 Å². The highest BCUT2D eigenvalue weighted by Crippen LogP contribution is 2.44. The molecule has 0 unspecified atom stereocenters. The first-order valence-electron chi connectivity index (χ1n) is 7.56. The van der Waals surface area contributed by atoms with Crippen LogP contribution in [0.1, 0.15) is 65.7 Å². The zero-order valence-corrected chi connectivity index (χ0v) is 12.2. The fourth-order valence-corrected chi connectivity index (χ4v) is 3.06. The number of rotatable bonds is 8. The zero-order valence-electron chi connectivity index (χ0n) is 12.2. The Bertz CT molecular complexity index is 257. The van der Waals surface area contributed by atoms with E-state index in [-0.39, 0.29) is 11.3 Å². The molecule has 2 N–H and O–H groups in total. The molecule has 18 heavy (non-hydrogen) atoms. The van der Waals surface area contributed by atoms with Crippen LogP contribution in [0.3, 0.4) is 0 Å². The van der Waals surface area contributed by atoms with Gasteiger partial charge in [-0.3, -0.25) is 4.79 Å². The lowest BCUT2D eigenvalue weighted by Crippen LogP contribution is -2.48. The third-order valence-electron chi connectivity index (χ3n) is 4.59. The van der Waals surface area contributed by atoms with Gasteiger partial charge >= 0.3 is 0 Å².